The van der Waals surface area contributed by atoms with Crippen molar-refractivity contribution < 1.29 is 4.79 Å². The van der Waals surface area contributed by atoms with Crippen molar-refractivity contribution >= 4 is 33.2 Å². The van der Waals surface area contributed by atoms with Gasteiger partial charge in [-0.05, 0) is 24.6 Å². The maximum atomic E-state index is 11.9. The molecule has 3 N–H and O–H groups in total. The Morgan fingerprint density at radius 3 is 2.74 bits per heavy atom. The molecule has 2 aromatic rings. The second-order valence-electron chi connectivity index (χ2n) is 4.17. The Bertz CT molecular complexity index is 566. The fraction of sp³-hybridized carbons (Fsp3) is 0.231. The van der Waals surface area contributed by atoms with E-state index in [0.29, 0.717) is 12.2 Å². The Kier molecular flexibility index (Phi) is 4.68. The van der Waals surface area contributed by atoms with Crippen LogP contribution >= 0.6 is 27.3 Å². The minimum atomic E-state index is -0.175. The zero-order valence-electron chi connectivity index (χ0n) is 10.4. The summed E-state index contributed by atoms with van der Waals surface area (Å²) < 4.78 is 1.02. The molecule has 4 nitrogen and oxygen atoms in total. The lowest BCUT2D eigenvalue weighted by Gasteiger charge is -2.03. The van der Waals surface area contributed by atoms with E-state index in [2.05, 4.69) is 26.2 Å². The van der Waals surface area contributed by atoms with Crippen LogP contribution in [0.15, 0.2) is 34.1 Å². The highest BCUT2D eigenvalue weighted by atomic mass is 79.9. The number of benzene rings is 1. The van der Waals surface area contributed by atoms with Gasteiger partial charge in [0.1, 0.15) is 10.7 Å². The molecule has 100 valence electrons. The molecule has 0 fully saturated rings. The van der Waals surface area contributed by atoms with Crippen LogP contribution in [0.3, 0.4) is 0 Å². The number of amides is 1. The summed E-state index contributed by atoms with van der Waals surface area (Å²) in [5.74, 6) is -0.175. The molecule has 1 amide bonds. The third kappa shape index (κ3) is 3.86. The first-order valence-corrected chi connectivity index (χ1v) is 7.47. The monoisotopic (exact) mass is 339 g/mol. The van der Waals surface area contributed by atoms with Crippen LogP contribution in [0.5, 0.6) is 0 Å². The van der Waals surface area contributed by atoms with Gasteiger partial charge in [-0.15, -0.1) is 11.3 Å². The van der Waals surface area contributed by atoms with Crippen LogP contribution in [0.25, 0.3) is 0 Å². The lowest BCUT2D eigenvalue weighted by molar-refractivity contribution is 0.0946. The van der Waals surface area contributed by atoms with Crippen molar-refractivity contribution in [1.82, 2.24) is 10.3 Å². The van der Waals surface area contributed by atoms with Crippen LogP contribution < -0.4 is 11.1 Å². The number of nitrogens with one attached hydrogen (secondary N) is 1. The van der Waals surface area contributed by atoms with Crippen LogP contribution in [-0.2, 0) is 6.54 Å². The predicted octanol–water partition coefficient (Wildman–Crippen LogP) is 2.86. The molecule has 0 radical (unpaired) electrons. The molecule has 1 heterocycles. The van der Waals surface area contributed by atoms with Gasteiger partial charge < -0.3 is 11.1 Å². The first-order valence-electron chi connectivity index (χ1n) is 5.80. The van der Waals surface area contributed by atoms with Gasteiger partial charge in [-0.25, -0.2) is 4.98 Å². The van der Waals surface area contributed by atoms with E-state index in [9.17, 15) is 4.79 Å². The van der Waals surface area contributed by atoms with E-state index in [1.54, 1.807) is 5.38 Å². The fourth-order valence-corrected chi connectivity index (χ4v) is 2.50. The molecule has 0 bridgehead atoms. The number of thiazole rings is 1. The van der Waals surface area contributed by atoms with Gasteiger partial charge in [0.05, 0.1) is 6.04 Å². The van der Waals surface area contributed by atoms with Crippen LogP contribution in [0.2, 0.25) is 0 Å². The number of nitrogens with two attached hydrogens (primary N) is 1. The van der Waals surface area contributed by atoms with E-state index < -0.39 is 0 Å². The number of nitrogens with zero attached hydrogens (tertiary/aromatic N) is 1. The summed E-state index contributed by atoms with van der Waals surface area (Å²) in [6.45, 7) is 2.33. The van der Waals surface area contributed by atoms with E-state index in [0.717, 1.165) is 15.0 Å². The average Bonchev–Trinajstić information content (AvgIpc) is 2.87. The smallest absolute Gasteiger partial charge is 0.271 e. The molecule has 0 saturated heterocycles. The number of halogens is 1. The number of carbonyl (C=O) groups excluding carboxylic acids is 1. The van der Waals surface area contributed by atoms with E-state index in [4.69, 9.17) is 5.73 Å². The van der Waals surface area contributed by atoms with E-state index in [-0.39, 0.29) is 11.9 Å². The minimum Gasteiger partial charge on any atom is -0.347 e. The molecule has 1 aromatic carbocycles. The first-order chi connectivity index (χ1) is 9.06. The number of rotatable bonds is 4. The summed E-state index contributed by atoms with van der Waals surface area (Å²) in [4.78, 5) is 16.1. The van der Waals surface area contributed by atoms with E-state index >= 15 is 0 Å². The van der Waals surface area contributed by atoms with Gasteiger partial charge in [0.2, 0.25) is 0 Å². The lowest BCUT2D eigenvalue weighted by Crippen LogP contribution is -2.23. The summed E-state index contributed by atoms with van der Waals surface area (Å²) in [6, 6.07) is 7.66. The molecule has 1 aromatic heterocycles. The lowest BCUT2D eigenvalue weighted by atomic mass is 10.2. The Hall–Kier alpha value is -1.24. The predicted molar refractivity (Wildman–Crippen MR) is 80.0 cm³/mol. The highest BCUT2D eigenvalue weighted by molar-refractivity contribution is 9.10. The maximum absolute atomic E-state index is 11.9. The van der Waals surface area contributed by atoms with Crippen molar-refractivity contribution in [3.8, 4) is 0 Å². The Balaban J connectivity index is 1.95. The van der Waals surface area contributed by atoms with Crippen LogP contribution in [0, 0.1) is 0 Å². The summed E-state index contributed by atoms with van der Waals surface area (Å²) in [5.41, 5.74) is 7.18. The number of carbonyl (C=O) groups is 1. The van der Waals surface area contributed by atoms with Crippen molar-refractivity contribution in [2.45, 2.75) is 19.5 Å². The number of hydrogen-bond donors (Lipinski definition) is 2. The SMILES string of the molecule is CC(N)c1nc(C(=O)NCc2ccc(Br)cc2)cs1. The fourth-order valence-electron chi connectivity index (χ4n) is 1.48. The molecule has 19 heavy (non-hydrogen) atoms. The first kappa shape index (κ1) is 14.2. The summed E-state index contributed by atoms with van der Waals surface area (Å²) >= 11 is 4.78. The van der Waals surface area contributed by atoms with Gasteiger partial charge in [0, 0.05) is 16.4 Å². The minimum absolute atomic E-state index is 0.141. The van der Waals surface area contributed by atoms with Crippen molar-refractivity contribution in [2.75, 3.05) is 0 Å². The van der Waals surface area contributed by atoms with Gasteiger partial charge in [-0.3, -0.25) is 4.79 Å². The number of hydrogen-bond acceptors (Lipinski definition) is 4. The van der Waals surface area contributed by atoms with Gasteiger partial charge >= 0.3 is 0 Å². The van der Waals surface area contributed by atoms with E-state index in [1.165, 1.54) is 11.3 Å². The molecule has 0 aliphatic heterocycles. The number of aromatic nitrogens is 1. The zero-order valence-corrected chi connectivity index (χ0v) is 12.8. The highest BCUT2D eigenvalue weighted by Gasteiger charge is 2.12. The van der Waals surface area contributed by atoms with Crippen molar-refractivity contribution in [3.05, 3.63) is 50.4 Å². The topological polar surface area (TPSA) is 68.0 Å². The van der Waals surface area contributed by atoms with Gasteiger partial charge in [0.25, 0.3) is 5.91 Å². The second kappa shape index (κ2) is 6.27. The molecule has 1 unspecified atom stereocenters. The van der Waals surface area contributed by atoms with Crippen LogP contribution in [-0.4, -0.2) is 10.9 Å². The highest BCUT2D eigenvalue weighted by Crippen LogP contribution is 2.16. The molecule has 0 aliphatic rings. The van der Waals surface area contributed by atoms with Crippen LogP contribution in [0.1, 0.15) is 34.0 Å². The molecular weight excluding hydrogens is 326 g/mol. The van der Waals surface area contributed by atoms with Gasteiger partial charge in [0.15, 0.2) is 0 Å². The molecule has 0 aliphatic carbocycles. The third-order valence-corrected chi connectivity index (χ3v) is 4.08. The van der Waals surface area contributed by atoms with Crippen molar-refractivity contribution in [3.63, 3.8) is 0 Å². The van der Waals surface area contributed by atoms with Crippen LogP contribution in [0.4, 0.5) is 0 Å². The standard InChI is InChI=1S/C13H14BrN3OS/c1-8(15)13-17-11(7-19-13)12(18)16-6-9-2-4-10(14)5-3-9/h2-5,7-8H,6,15H2,1H3,(H,16,18). The molecule has 1 atom stereocenters. The third-order valence-electron chi connectivity index (χ3n) is 2.51. The van der Waals surface area contributed by atoms with Crippen molar-refractivity contribution in [2.24, 2.45) is 5.73 Å². The quantitative estimate of drug-likeness (QED) is 0.899. The molecule has 0 spiro atoms. The normalized spacial score (nSPS) is 12.2. The molecular formula is C13H14BrN3OS. The molecule has 6 heteroatoms. The average molecular weight is 340 g/mol. The van der Waals surface area contributed by atoms with Gasteiger partial charge in [-0.2, -0.15) is 0 Å². The molecule has 2 rings (SSSR count). The Labute approximate surface area is 124 Å². The summed E-state index contributed by atoms with van der Waals surface area (Å²) in [7, 11) is 0. The largest absolute Gasteiger partial charge is 0.347 e. The van der Waals surface area contributed by atoms with Gasteiger partial charge in [-0.1, -0.05) is 28.1 Å². The van der Waals surface area contributed by atoms with E-state index in [1.807, 2.05) is 31.2 Å². The maximum Gasteiger partial charge on any atom is 0.271 e. The summed E-state index contributed by atoms with van der Waals surface area (Å²) in [6.07, 6.45) is 0. The second-order valence-corrected chi connectivity index (χ2v) is 5.97. The Morgan fingerprint density at radius 2 is 2.16 bits per heavy atom. The molecule has 0 saturated carbocycles. The van der Waals surface area contributed by atoms with Crippen molar-refractivity contribution in [1.29, 1.82) is 0 Å². The summed E-state index contributed by atoms with van der Waals surface area (Å²) in [5, 5.41) is 5.34. The Morgan fingerprint density at radius 1 is 1.47 bits per heavy atom. The zero-order chi connectivity index (χ0) is 13.8.